The number of ether oxygens (including phenoxy) is 1. The van der Waals surface area contributed by atoms with Crippen LogP contribution >= 0.6 is 12.2 Å². The minimum absolute atomic E-state index is 0.105. The van der Waals surface area contributed by atoms with Gasteiger partial charge in [-0.25, -0.2) is 8.42 Å². The number of carbonyl (C=O) groups excluding carboxylic acids is 1. The summed E-state index contributed by atoms with van der Waals surface area (Å²) in [5, 5.41) is 5.68. The molecule has 0 bridgehead atoms. The lowest BCUT2D eigenvalue weighted by Crippen LogP contribution is -2.34. The van der Waals surface area contributed by atoms with Crippen molar-refractivity contribution < 1.29 is 17.9 Å². The maximum Gasteiger partial charge on any atom is 0.264 e. The summed E-state index contributed by atoms with van der Waals surface area (Å²) < 4.78 is 33.1. The number of para-hydroxylation sites is 1. The Kier molecular flexibility index (Phi) is 9.71. The van der Waals surface area contributed by atoms with Crippen LogP contribution < -0.4 is 25.1 Å². The second-order valence-electron chi connectivity index (χ2n) is 8.79. The maximum absolute atomic E-state index is 12.9. The monoisotopic (exact) mass is 537 g/mol. The molecular weight excluding hydrogens is 505 g/mol. The first kappa shape index (κ1) is 28.2. The molecule has 0 aliphatic rings. The van der Waals surface area contributed by atoms with Gasteiger partial charge in [0.15, 0.2) is 5.11 Å². The molecule has 0 spiro atoms. The van der Waals surface area contributed by atoms with Gasteiger partial charge < -0.3 is 10.1 Å². The fraction of sp³-hybridized carbons (Fsp3) is 0.259. The minimum Gasteiger partial charge on any atom is -0.491 e. The van der Waals surface area contributed by atoms with Crippen LogP contribution in [0.2, 0.25) is 0 Å². The third-order valence-corrected chi connectivity index (χ3v) is 7.85. The standard InChI is InChI=1S/C27H32BN3O4S2/c1-4-5-9-19(2)35-25-17-12-20(18-24(25)28)26(32)30-27(36)29-21-13-15-23(16-14-21)37(33,34)31(3)22-10-7-6-8-11-22/h6-8,10-19H,4-5,9,28H2,1-3H3,(H2,29,30,32,36). The highest BCUT2D eigenvalue weighted by atomic mass is 32.2. The van der Waals surface area contributed by atoms with Gasteiger partial charge in [-0.15, -0.1) is 0 Å². The van der Waals surface area contributed by atoms with Crippen molar-refractivity contribution in [2.24, 2.45) is 0 Å². The quantitative estimate of drug-likeness (QED) is 0.302. The molecule has 3 aromatic carbocycles. The van der Waals surface area contributed by atoms with Gasteiger partial charge in [0.25, 0.3) is 15.9 Å². The Hall–Kier alpha value is -3.37. The lowest BCUT2D eigenvalue weighted by atomic mass is 9.92. The van der Waals surface area contributed by atoms with E-state index < -0.39 is 10.0 Å². The van der Waals surface area contributed by atoms with Crippen LogP contribution in [0.1, 0.15) is 43.5 Å². The first-order chi connectivity index (χ1) is 17.6. The largest absolute Gasteiger partial charge is 0.491 e. The van der Waals surface area contributed by atoms with Crippen molar-refractivity contribution >= 4 is 57.9 Å². The van der Waals surface area contributed by atoms with Crippen molar-refractivity contribution in [1.82, 2.24) is 5.32 Å². The molecule has 0 aromatic heterocycles. The van der Waals surface area contributed by atoms with Crippen molar-refractivity contribution in [3.63, 3.8) is 0 Å². The molecule has 0 fully saturated rings. The zero-order chi connectivity index (χ0) is 27.0. The third-order valence-electron chi connectivity index (χ3n) is 5.85. The summed E-state index contributed by atoms with van der Waals surface area (Å²) >= 11 is 5.29. The average molecular weight is 538 g/mol. The van der Waals surface area contributed by atoms with Gasteiger partial charge in [0.05, 0.1) is 16.7 Å². The molecule has 1 atom stereocenters. The Bertz CT molecular complexity index is 1330. The highest BCUT2D eigenvalue weighted by Crippen LogP contribution is 2.23. The van der Waals surface area contributed by atoms with Gasteiger partial charge in [0.1, 0.15) is 13.6 Å². The Morgan fingerprint density at radius 2 is 1.76 bits per heavy atom. The lowest BCUT2D eigenvalue weighted by Gasteiger charge is -2.19. The van der Waals surface area contributed by atoms with E-state index in [9.17, 15) is 13.2 Å². The van der Waals surface area contributed by atoms with Crippen molar-refractivity contribution in [1.29, 1.82) is 0 Å². The van der Waals surface area contributed by atoms with E-state index in [0.717, 1.165) is 30.5 Å². The topological polar surface area (TPSA) is 87.7 Å². The van der Waals surface area contributed by atoms with Crippen LogP contribution in [0.4, 0.5) is 11.4 Å². The number of unbranched alkanes of at least 4 members (excludes halogenated alkanes) is 1. The second-order valence-corrected chi connectivity index (χ2v) is 11.2. The van der Waals surface area contributed by atoms with E-state index in [1.54, 1.807) is 54.6 Å². The van der Waals surface area contributed by atoms with Crippen molar-refractivity contribution in [3.05, 3.63) is 78.4 Å². The van der Waals surface area contributed by atoms with E-state index >= 15 is 0 Å². The molecule has 3 rings (SSSR count). The average Bonchev–Trinajstić information content (AvgIpc) is 2.88. The molecule has 0 aliphatic carbocycles. The first-order valence-electron chi connectivity index (χ1n) is 12.2. The lowest BCUT2D eigenvalue weighted by molar-refractivity contribution is 0.0977. The zero-order valence-corrected chi connectivity index (χ0v) is 23.2. The number of thiocarbonyl (C=S) groups is 1. The number of sulfonamides is 1. The number of carbonyl (C=O) groups is 1. The van der Waals surface area contributed by atoms with Gasteiger partial charge >= 0.3 is 0 Å². The van der Waals surface area contributed by atoms with E-state index in [4.69, 9.17) is 17.0 Å². The molecule has 3 aromatic rings. The second kappa shape index (κ2) is 12.7. The molecule has 0 heterocycles. The van der Waals surface area contributed by atoms with E-state index in [1.807, 2.05) is 20.8 Å². The van der Waals surface area contributed by atoms with Crippen LogP contribution in [0.15, 0.2) is 77.7 Å². The number of benzene rings is 3. The number of nitrogens with zero attached hydrogens (tertiary/aromatic N) is 1. The van der Waals surface area contributed by atoms with Crippen molar-refractivity contribution in [3.8, 4) is 5.75 Å². The normalized spacial score (nSPS) is 11.9. The number of hydrogen-bond donors (Lipinski definition) is 2. The van der Waals surface area contributed by atoms with Gasteiger partial charge in [-0.2, -0.15) is 0 Å². The molecule has 0 aliphatic heterocycles. The molecule has 0 radical (unpaired) electrons. The van der Waals surface area contributed by atoms with Crippen LogP contribution in [0, 0.1) is 0 Å². The van der Waals surface area contributed by atoms with Gasteiger partial charge in [0.2, 0.25) is 0 Å². The third kappa shape index (κ3) is 7.56. The van der Waals surface area contributed by atoms with Crippen molar-refractivity contribution in [2.45, 2.75) is 44.1 Å². The molecule has 0 saturated carbocycles. The van der Waals surface area contributed by atoms with Crippen LogP contribution in [-0.2, 0) is 10.0 Å². The fourth-order valence-corrected chi connectivity index (χ4v) is 5.08. The number of amides is 1. The summed E-state index contributed by atoms with van der Waals surface area (Å²) in [5.41, 5.74) is 2.44. The van der Waals surface area contributed by atoms with Crippen molar-refractivity contribution in [2.75, 3.05) is 16.7 Å². The molecule has 1 amide bonds. The molecule has 7 nitrogen and oxygen atoms in total. The predicted molar refractivity (Wildman–Crippen MR) is 156 cm³/mol. The van der Waals surface area contributed by atoms with Crippen LogP contribution in [0.25, 0.3) is 0 Å². The Morgan fingerprint density at radius 1 is 1.08 bits per heavy atom. The predicted octanol–water partition coefficient (Wildman–Crippen LogP) is 3.85. The summed E-state index contributed by atoms with van der Waals surface area (Å²) in [6, 6.07) is 20.3. The van der Waals surface area contributed by atoms with Crippen LogP contribution in [-0.4, -0.2) is 40.4 Å². The molecule has 194 valence electrons. The Morgan fingerprint density at radius 3 is 2.38 bits per heavy atom. The zero-order valence-electron chi connectivity index (χ0n) is 21.5. The Balaban J connectivity index is 1.59. The van der Waals surface area contributed by atoms with Gasteiger partial charge in [-0.1, -0.05) is 44.0 Å². The minimum atomic E-state index is -3.72. The molecule has 1 unspecified atom stereocenters. The number of nitrogens with one attached hydrogen (secondary N) is 2. The van der Waals surface area contributed by atoms with Gasteiger partial charge in [-0.3, -0.25) is 14.4 Å². The highest BCUT2D eigenvalue weighted by Gasteiger charge is 2.21. The van der Waals surface area contributed by atoms with E-state index in [1.165, 1.54) is 23.5 Å². The maximum atomic E-state index is 12.9. The highest BCUT2D eigenvalue weighted by molar-refractivity contribution is 7.92. The molecule has 0 saturated heterocycles. The fourth-order valence-electron chi connectivity index (χ4n) is 3.67. The molecule has 37 heavy (non-hydrogen) atoms. The molecular formula is C27H32BN3O4S2. The smallest absolute Gasteiger partial charge is 0.264 e. The number of hydrogen-bond acceptors (Lipinski definition) is 5. The summed E-state index contributed by atoms with van der Waals surface area (Å²) in [6.45, 7) is 4.19. The summed E-state index contributed by atoms with van der Waals surface area (Å²) in [5.74, 6) is 0.406. The van der Waals surface area contributed by atoms with Crippen LogP contribution in [0.3, 0.4) is 0 Å². The SMILES string of the molecule is Bc1cc(C(=O)NC(=S)Nc2ccc(S(=O)(=O)N(C)c3ccccc3)cc2)ccc1OC(C)CCCC. The Labute approximate surface area is 225 Å². The number of rotatable bonds is 10. The van der Waals surface area contributed by atoms with E-state index in [-0.39, 0.29) is 22.0 Å². The summed E-state index contributed by atoms with van der Waals surface area (Å²) in [4.78, 5) is 12.8. The number of anilines is 2. The first-order valence-corrected chi connectivity index (χ1v) is 14.0. The van der Waals surface area contributed by atoms with Crippen LogP contribution in [0.5, 0.6) is 5.75 Å². The summed E-state index contributed by atoms with van der Waals surface area (Å²) in [6.07, 6.45) is 3.31. The molecule has 10 heteroatoms. The van der Waals surface area contributed by atoms with Gasteiger partial charge in [-0.05, 0) is 79.6 Å². The molecule has 2 N–H and O–H groups in total. The summed E-state index contributed by atoms with van der Waals surface area (Å²) in [7, 11) is -0.308. The van der Waals surface area contributed by atoms with E-state index in [0.29, 0.717) is 16.9 Å². The van der Waals surface area contributed by atoms with E-state index in [2.05, 4.69) is 17.6 Å². The van der Waals surface area contributed by atoms with Gasteiger partial charge in [0, 0.05) is 18.3 Å².